The predicted molar refractivity (Wildman–Crippen MR) is 89.4 cm³/mol. The summed E-state index contributed by atoms with van der Waals surface area (Å²) in [7, 11) is 1.58. The van der Waals surface area contributed by atoms with E-state index in [1.54, 1.807) is 33.1 Å². The molecule has 3 rings (SSSR count). The van der Waals surface area contributed by atoms with E-state index in [1.807, 2.05) is 12.1 Å². The predicted octanol–water partition coefficient (Wildman–Crippen LogP) is 1.91. The molecule has 0 radical (unpaired) electrons. The first-order valence-electron chi connectivity index (χ1n) is 8.13. The van der Waals surface area contributed by atoms with Crippen molar-refractivity contribution in [1.29, 1.82) is 10.5 Å². The Labute approximate surface area is 146 Å². The van der Waals surface area contributed by atoms with Crippen molar-refractivity contribution < 1.29 is 14.2 Å². The maximum absolute atomic E-state index is 10.1. The summed E-state index contributed by atoms with van der Waals surface area (Å²) in [6.45, 7) is 4.12. The normalized spacial score (nSPS) is 31.4. The molecular formula is C18H20N4O3. The molecule has 7 nitrogen and oxygen atoms in total. The number of ether oxygens (including phenoxy) is 3. The molecule has 1 heterocycles. The van der Waals surface area contributed by atoms with Crippen LogP contribution in [0.2, 0.25) is 0 Å². The van der Waals surface area contributed by atoms with Gasteiger partial charge in [0.25, 0.3) is 5.91 Å². The lowest BCUT2D eigenvalue weighted by atomic mass is 9.93. The first kappa shape index (κ1) is 17.2. The molecule has 3 atom stereocenters. The fourth-order valence-corrected chi connectivity index (χ4v) is 4.05. The summed E-state index contributed by atoms with van der Waals surface area (Å²) >= 11 is 0. The van der Waals surface area contributed by atoms with E-state index in [1.165, 1.54) is 0 Å². The van der Waals surface area contributed by atoms with Gasteiger partial charge in [0, 0.05) is 19.1 Å². The Morgan fingerprint density at radius 1 is 1.12 bits per heavy atom. The molecule has 130 valence electrons. The van der Waals surface area contributed by atoms with Crippen LogP contribution in [-0.4, -0.2) is 32.1 Å². The number of rotatable bonds is 6. The number of aliphatic imine (C=N–C) groups is 1. The molecule has 7 heteroatoms. The molecule has 1 aliphatic heterocycles. The number of fused-ring (bicyclic) bond motifs is 1. The highest BCUT2D eigenvalue weighted by atomic mass is 16.7. The fraction of sp³-hybridized carbons (Fsp3) is 0.500. The first-order valence-corrected chi connectivity index (χ1v) is 8.13. The van der Waals surface area contributed by atoms with Crippen molar-refractivity contribution in [1.82, 2.24) is 0 Å². The molecule has 1 aromatic rings. The van der Waals surface area contributed by atoms with Crippen LogP contribution in [0.1, 0.15) is 25.3 Å². The number of benzene rings is 1. The van der Waals surface area contributed by atoms with Gasteiger partial charge in [-0.25, -0.2) is 4.99 Å². The van der Waals surface area contributed by atoms with Crippen LogP contribution in [0.15, 0.2) is 29.3 Å². The van der Waals surface area contributed by atoms with E-state index in [2.05, 4.69) is 17.1 Å². The highest BCUT2D eigenvalue weighted by Crippen LogP contribution is 2.81. The molecular weight excluding hydrogens is 320 g/mol. The molecule has 2 N–H and O–H groups in total. The lowest BCUT2D eigenvalue weighted by Gasteiger charge is -2.31. The first-order chi connectivity index (χ1) is 12.0. The Morgan fingerprint density at radius 3 is 2.16 bits per heavy atom. The van der Waals surface area contributed by atoms with Crippen molar-refractivity contribution in [2.45, 2.75) is 25.7 Å². The molecule has 1 aromatic carbocycles. The number of hydrogen-bond acceptors (Lipinski definition) is 7. The lowest BCUT2D eigenvalue weighted by Crippen LogP contribution is -2.43. The van der Waals surface area contributed by atoms with Crippen LogP contribution >= 0.6 is 0 Å². The summed E-state index contributed by atoms with van der Waals surface area (Å²) in [4.78, 5) is 4.31. The van der Waals surface area contributed by atoms with Gasteiger partial charge in [0.1, 0.15) is 17.0 Å². The smallest absolute Gasteiger partial charge is 0.293 e. The number of nitrogens with two attached hydrogens (primary N) is 1. The van der Waals surface area contributed by atoms with E-state index >= 15 is 0 Å². The Hall–Kier alpha value is -2.61. The van der Waals surface area contributed by atoms with Gasteiger partial charge in [-0.15, -0.1) is 0 Å². The van der Waals surface area contributed by atoms with Crippen molar-refractivity contribution in [3.8, 4) is 17.9 Å². The minimum Gasteiger partial charge on any atom is -0.497 e. The number of methoxy groups -OCH3 is 1. The summed E-state index contributed by atoms with van der Waals surface area (Å²) in [5.74, 6) is -1.29. The number of hydrogen-bond donors (Lipinski definition) is 1. The molecule has 1 saturated carbocycles. The quantitative estimate of drug-likeness (QED) is 0.791. The van der Waals surface area contributed by atoms with Crippen molar-refractivity contribution in [2.75, 3.05) is 20.3 Å². The van der Waals surface area contributed by atoms with Crippen LogP contribution in [-0.2, 0) is 9.47 Å². The van der Waals surface area contributed by atoms with Gasteiger partial charge in [-0.3, -0.25) is 0 Å². The summed E-state index contributed by atoms with van der Waals surface area (Å²) in [6, 6.07) is 11.7. The molecule has 0 amide bonds. The van der Waals surface area contributed by atoms with Gasteiger partial charge in [0.05, 0.1) is 19.2 Å². The van der Waals surface area contributed by atoms with E-state index in [4.69, 9.17) is 19.9 Å². The monoisotopic (exact) mass is 340 g/mol. The Bertz CT molecular complexity index is 786. The van der Waals surface area contributed by atoms with Gasteiger partial charge in [0.15, 0.2) is 5.41 Å². The van der Waals surface area contributed by atoms with Crippen LogP contribution in [0, 0.1) is 33.5 Å². The minimum absolute atomic E-state index is 0.0827. The summed E-state index contributed by atoms with van der Waals surface area (Å²) < 4.78 is 16.7. The Morgan fingerprint density at radius 2 is 1.72 bits per heavy atom. The molecule has 2 aliphatic rings. The maximum atomic E-state index is 10.1. The summed E-state index contributed by atoms with van der Waals surface area (Å²) in [6.07, 6.45) is 0. The second kappa shape index (κ2) is 5.73. The maximum Gasteiger partial charge on any atom is 0.293 e. The third-order valence-corrected chi connectivity index (χ3v) is 5.06. The van der Waals surface area contributed by atoms with Gasteiger partial charge in [-0.05, 0) is 31.5 Å². The van der Waals surface area contributed by atoms with Gasteiger partial charge >= 0.3 is 0 Å². The number of nitrogens with zero attached hydrogens (tertiary/aromatic N) is 3. The summed E-state index contributed by atoms with van der Waals surface area (Å²) in [5.41, 5.74) is 4.35. The highest BCUT2D eigenvalue weighted by molar-refractivity contribution is 6.00. The van der Waals surface area contributed by atoms with E-state index in [0.717, 1.165) is 5.56 Å². The van der Waals surface area contributed by atoms with Crippen molar-refractivity contribution in [2.24, 2.45) is 21.6 Å². The van der Waals surface area contributed by atoms with Crippen molar-refractivity contribution >= 4 is 5.84 Å². The van der Waals surface area contributed by atoms with Gasteiger partial charge < -0.3 is 19.9 Å². The molecule has 0 unspecified atom stereocenters. The molecule has 1 fully saturated rings. The van der Waals surface area contributed by atoms with Crippen LogP contribution in [0.25, 0.3) is 0 Å². The van der Waals surface area contributed by atoms with Gasteiger partial charge in [0.2, 0.25) is 0 Å². The third-order valence-electron chi connectivity index (χ3n) is 5.06. The second-order valence-corrected chi connectivity index (χ2v) is 5.99. The van der Waals surface area contributed by atoms with Crippen LogP contribution in [0.4, 0.5) is 0 Å². The average Bonchev–Trinajstić information content (AvgIpc) is 3.21. The van der Waals surface area contributed by atoms with Gasteiger partial charge in [-0.1, -0.05) is 12.1 Å². The van der Waals surface area contributed by atoms with E-state index in [0.29, 0.717) is 5.75 Å². The Balaban J connectivity index is 2.17. The molecule has 0 saturated heterocycles. The molecule has 25 heavy (non-hydrogen) atoms. The number of nitriles is 2. The van der Waals surface area contributed by atoms with Crippen LogP contribution in [0.3, 0.4) is 0 Å². The van der Waals surface area contributed by atoms with E-state index in [9.17, 15) is 10.5 Å². The second-order valence-electron chi connectivity index (χ2n) is 5.99. The third kappa shape index (κ3) is 1.82. The largest absolute Gasteiger partial charge is 0.497 e. The SMILES string of the molecule is CCOC1(OCC)N=C(N)[C@]2(C#N)[C@H](c3ccc(OC)cc3)[C@@]12C#N. The molecule has 1 aliphatic carbocycles. The molecule has 0 aromatic heterocycles. The standard InChI is InChI=1S/C18H20N4O3/c1-4-24-18(25-5-2)17(11-20)14(16(17,10-19)15(21)22-18)12-6-8-13(23-3)9-7-12/h6-9,14H,4-5H2,1-3H3,(H2,21,22)/t14-,16-,17+/m0/s1. The topological polar surface area (TPSA) is 114 Å². The summed E-state index contributed by atoms with van der Waals surface area (Å²) in [5, 5.41) is 20.0. The van der Waals surface area contributed by atoms with E-state index < -0.39 is 22.7 Å². The van der Waals surface area contributed by atoms with E-state index in [-0.39, 0.29) is 19.0 Å². The zero-order chi connectivity index (χ0) is 18.3. The highest BCUT2D eigenvalue weighted by Gasteiger charge is 2.93. The molecule has 0 bridgehead atoms. The Kier molecular flexibility index (Phi) is 3.95. The van der Waals surface area contributed by atoms with Gasteiger partial charge in [-0.2, -0.15) is 10.5 Å². The number of amidine groups is 1. The van der Waals surface area contributed by atoms with Crippen molar-refractivity contribution in [3.05, 3.63) is 29.8 Å². The van der Waals surface area contributed by atoms with Crippen LogP contribution in [0.5, 0.6) is 5.75 Å². The zero-order valence-corrected chi connectivity index (χ0v) is 14.4. The van der Waals surface area contributed by atoms with Crippen LogP contribution < -0.4 is 10.5 Å². The zero-order valence-electron chi connectivity index (χ0n) is 14.4. The lowest BCUT2D eigenvalue weighted by molar-refractivity contribution is -0.255. The average molecular weight is 340 g/mol. The van der Waals surface area contributed by atoms with Crippen molar-refractivity contribution in [3.63, 3.8) is 0 Å². The fourth-order valence-electron chi connectivity index (χ4n) is 4.05. The minimum atomic E-state index is -1.57. The molecule has 0 spiro atoms.